The normalized spacial score (nSPS) is 11.5. The minimum atomic E-state index is -0.745. The quantitative estimate of drug-likeness (QED) is 0.553. The van der Waals surface area contributed by atoms with Gasteiger partial charge in [-0.15, -0.1) is 0 Å². The van der Waals surface area contributed by atoms with E-state index < -0.39 is 18.0 Å². The van der Waals surface area contributed by atoms with Crippen LogP contribution in [0.4, 0.5) is 10.5 Å². The molecule has 138 valence electrons. The van der Waals surface area contributed by atoms with Crippen molar-refractivity contribution in [3.05, 3.63) is 29.8 Å². The van der Waals surface area contributed by atoms with Gasteiger partial charge in [0.15, 0.2) is 0 Å². The lowest BCUT2D eigenvalue weighted by molar-refractivity contribution is -0.137. The number of hydrogen-bond donors (Lipinski definition) is 5. The molecule has 9 nitrogen and oxygen atoms in total. The van der Waals surface area contributed by atoms with Gasteiger partial charge >= 0.3 is 18.0 Å². The first kappa shape index (κ1) is 21.9. The fraction of sp³-hybridized carbons (Fsp3) is 0.375. The van der Waals surface area contributed by atoms with Crippen molar-refractivity contribution in [2.45, 2.75) is 26.7 Å². The number of carbonyl (C=O) groups excluding carboxylic acids is 1. The monoisotopic (exact) mass is 352 g/mol. The smallest absolute Gasteiger partial charge is 0.316 e. The number of urea groups is 1. The zero-order valence-corrected chi connectivity index (χ0v) is 14.3. The highest BCUT2D eigenvalue weighted by atomic mass is 16.4. The molecule has 1 heterocycles. The zero-order chi connectivity index (χ0) is 19.2. The summed E-state index contributed by atoms with van der Waals surface area (Å²) in [5.41, 5.74) is 6.67. The van der Waals surface area contributed by atoms with E-state index in [-0.39, 0.29) is 12.8 Å². The second-order valence-corrected chi connectivity index (χ2v) is 4.72. The maximum absolute atomic E-state index is 10.7. The summed E-state index contributed by atoms with van der Waals surface area (Å²) >= 11 is 0. The Morgan fingerprint density at radius 1 is 1.20 bits per heavy atom. The molecule has 0 aromatic heterocycles. The molecule has 0 bridgehead atoms. The fourth-order valence-electron chi connectivity index (χ4n) is 1.48. The Labute approximate surface area is 145 Å². The first-order valence-corrected chi connectivity index (χ1v) is 7.68. The summed E-state index contributed by atoms with van der Waals surface area (Å²) in [6.45, 7) is 4.86. The van der Waals surface area contributed by atoms with Gasteiger partial charge in [0.1, 0.15) is 5.84 Å². The summed E-state index contributed by atoms with van der Waals surface area (Å²) in [5.74, 6) is -0.627. The molecule has 25 heavy (non-hydrogen) atoms. The molecule has 0 saturated heterocycles. The number of carboxylic acids is 2. The lowest BCUT2D eigenvalue weighted by atomic mass is 10.2. The van der Waals surface area contributed by atoms with Gasteiger partial charge in [-0.2, -0.15) is 0 Å². The van der Waals surface area contributed by atoms with E-state index in [1.165, 1.54) is 0 Å². The topological polar surface area (TPSA) is 154 Å². The average Bonchev–Trinajstić information content (AvgIpc) is 3.10. The number of benzene rings is 1. The Morgan fingerprint density at radius 3 is 2.16 bits per heavy atom. The van der Waals surface area contributed by atoms with Crippen LogP contribution < -0.4 is 16.4 Å². The number of aliphatic carboxylic acids is 2. The lowest BCUT2D eigenvalue weighted by Crippen LogP contribution is -2.21. The number of carboxylic acid groups (broad SMARTS) is 2. The van der Waals surface area contributed by atoms with Gasteiger partial charge in [-0.05, 0) is 12.1 Å². The maximum atomic E-state index is 10.7. The van der Waals surface area contributed by atoms with Gasteiger partial charge < -0.3 is 26.6 Å². The van der Waals surface area contributed by atoms with Crippen LogP contribution in [0.25, 0.3) is 0 Å². The number of nitrogens with one attached hydrogen (secondary N) is 2. The molecule has 1 aromatic rings. The van der Waals surface area contributed by atoms with Crippen molar-refractivity contribution >= 4 is 29.5 Å². The van der Waals surface area contributed by atoms with E-state index in [1.807, 2.05) is 18.2 Å². The summed E-state index contributed by atoms with van der Waals surface area (Å²) in [4.78, 5) is 33.7. The van der Waals surface area contributed by atoms with Gasteiger partial charge in [0.05, 0.1) is 6.54 Å². The van der Waals surface area contributed by atoms with Gasteiger partial charge in [0.2, 0.25) is 0 Å². The third kappa shape index (κ3) is 11.1. The molecule has 0 unspecified atom stereocenters. The molecule has 2 amide bonds. The summed E-state index contributed by atoms with van der Waals surface area (Å²) in [6, 6.07) is 6.84. The van der Waals surface area contributed by atoms with Crippen LogP contribution in [0, 0.1) is 0 Å². The Kier molecular flexibility index (Phi) is 10.8. The van der Waals surface area contributed by atoms with Gasteiger partial charge in [-0.25, -0.2) is 4.79 Å². The first-order chi connectivity index (χ1) is 11.8. The average molecular weight is 352 g/mol. The number of amidine groups is 1. The molecule has 6 N–H and O–H groups in total. The molecule has 9 heteroatoms. The standard InChI is InChI=1S/C10H12N4O.2C3H6O2/c11-10(15)14-8-3-1-2-7(6-8)9-12-4-5-13-9;2*1-2-3(4)5/h1-3,6H,4-5H2,(H,12,13)(H3,11,14,15);2*2H2,1H3,(H,4,5). The van der Waals surface area contributed by atoms with E-state index >= 15 is 0 Å². The van der Waals surface area contributed by atoms with Crippen LogP contribution in [0.5, 0.6) is 0 Å². The molecule has 0 fully saturated rings. The number of anilines is 1. The SMILES string of the molecule is CCC(=O)O.CCC(=O)O.NC(=O)Nc1cccc(C2=NCCN2)c1. The van der Waals surface area contributed by atoms with Gasteiger partial charge in [0, 0.05) is 30.6 Å². The molecule has 1 aliphatic heterocycles. The van der Waals surface area contributed by atoms with Crippen molar-refractivity contribution in [2.75, 3.05) is 18.4 Å². The number of aliphatic imine (C=N–C) groups is 1. The van der Waals surface area contributed by atoms with Crippen molar-refractivity contribution in [2.24, 2.45) is 10.7 Å². The van der Waals surface area contributed by atoms with Crippen LogP contribution in [-0.2, 0) is 9.59 Å². The van der Waals surface area contributed by atoms with E-state index in [4.69, 9.17) is 15.9 Å². The summed E-state index contributed by atoms with van der Waals surface area (Å²) in [7, 11) is 0. The molecule has 1 aliphatic rings. The van der Waals surface area contributed by atoms with E-state index in [0.29, 0.717) is 5.69 Å². The molecule has 1 aromatic carbocycles. The second-order valence-electron chi connectivity index (χ2n) is 4.72. The van der Waals surface area contributed by atoms with Gasteiger partial charge in [-0.3, -0.25) is 14.6 Å². The van der Waals surface area contributed by atoms with Crippen molar-refractivity contribution in [1.82, 2.24) is 5.32 Å². The Balaban J connectivity index is 0.000000480. The molecule has 0 radical (unpaired) electrons. The van der Waals surface area contributed by atoms with Crippen LogP contribution in [0.1, 0.15) is 32.3 Å². The third-order valence-electron chi connectivity index (χ3n) is 2.68. The number of primary amides is 1. The lowest BCUT2D eigenvalue weighted by Gasteiger charge is -2.05. The highest BCUT2D eigenvalue weighted by Crippen LogP contribution is 2.11. The highest BCUT2D eigenvalue weighted by Gasteiger charge is 2.08. The zero-order valence-electron chi connectivity index (χ0n) is 14.3. The Morgan fingerprint density at radius 2 is 1.76 bits per heavy atom. The first-order valence-electron chi connectivity index (χ1n) is 7.68. The van der Waals surface area contributed by atoms with Crippen molar-refractivity contribution < 1.29 is 24.6 Å². The van der Waals surface area contributed by atoms with Crippen LogP contribution >= 0.6 is 0 Å². The number of amides is 2. The minimum Gasteiger partial charge on any atom is -0.481 e. The summed E-state index contributed by atoms with van der Waals surface area (Å²) < 4.78 is 0. The largest absolute Gasteiger partial charge is 0.481 e. The highest BCUT2D eigenvalue weighted by molar-refractivity contribution is 6.01. The van der Waals surface area contributed by atoms with Crippen LogP contribution in [-0.4, -0.2) is 47.1 Å². The Bertz CT molecular complexity index is 602. The second kappa shape index (κ2) is 12.3. The van der Waals surface area contributed by atoms with Crippen molar-refractivity contribution in [1.29, 1.82) is 0 Å². The summed E-state index contributed by atoms with van der Waals surface area (Å²) in [6.07, 6.45) is 0.444. The maximum Gasteiger partial charge on any atom is 0.316 e. The van der Waals surface area contributed by atoms with Crippen molar-refractivity contribution in [3.8, 4) is 0 Å². The van der Waals surface area contributed by atoms with Crippen LogP contribution in [0.3, 0.4) is 0 Å². The number of carbonyl (C=O) groups is 3. The molecule has 0 saturated carbocycles. The Hall–Kier alpha value is -3.10. The molecular weight excluding hydrogens is 328 g/mol. The molecular formula is C16H24N4O5. The predicted octanol–water partition coefficient (Wildman–Crippen LogP) is 1.49. The third-order valence-corrected chi connectivity index (χ3v) is 2.68. The predicted molar refractivity (Wildman–Crippen MR) is 94.9 cm³/mol. The van der Waals surface area contributed by atoms with Gasteiger partial charge in [-0.1, -0.05) is 26.0 Å². The molecule has 2 rings (SSSR count). The fourth-order valence-corrected chi connectivity index (χ4v) is 1.48. The van der Waals surface area contributed by atoms with E-state index in [1.54, 1.807) is 19.9 Å². The molecule has 0 spiro atoms. The van der Waals surface area contributed by atoms with Crippen LogP contribution in [0.2, 0.25) is 0 Å². The number of hydrogen-bond acceptors (Lipinski definition) is 5. The number of nitrogens with zero attached hydrogens (tertiary/aromatic N) is 1. The van der Waals surface area contributed by atoms with E-state index in [0.717, 1.165) is 24.5 Å². The summed E-state index contributed by atoms with van der Waals surface area (Å²) in [5, 5.41) is 21.1. The molecule has 0 aliphatic carbocycles. The van der Waals surface area contributed by atoms with Crippen molar-refractivity contribution in [3.63, 3.8) is 0 Å². The minimum absolute atomic E-state index is 0.222. The van der Waals surface area contributed by atoms with Crippen LogP contribution in [0.15, 0.2) is 29.3 Å². The number of nitrogens with two attached hydrogens (primary N) is 1. The van der Waals surface area contributed by atoms with E-state index in [2.05, 4.69) is 15.6 Å². The van der Waals surface area contributed by atoms with E-state index in [9.17, 15) is 14.4 Å². The molecule has 0 atom stereocenters. The van der Waals surface area contributed by atoms with Gasteiger partial charge in [0.25, 0.3) is 0 Å². The number of rotatable bonds is 4.